The van der Waals surface area contributed by atoms with Gasteiger partial charge in [0, 0.05) is 12.1 Å². The zero-order valence-electron chi connectivity index (χ0n) is 20.2. The van der Waals surface area contributed by atoms with Crippen LogP contribution in [-0.2, 0) is 13.8 Å². The van der Waals surface area contributed by atoms with Gasteiger partial charge in [0.05, 0.1) is 31.0 Å². The highest BCUT2D eigenvalue weighted by molar-refractivity contribution is 7.44. The smallest absolute Gasteiger partial charge is 0.260 e. The van der Waals surface area contributed by atoms with E-state index in [4.69, 9.17) is 24.8 Å². The SMILES string of the molecule is CC(C)N(C(C)C)P(OCCC#N)O[C@]12C[C@@H]3C[C@]3(O)[C@H]1O[C@@H](n1cnc3c(N)ncnc31)[C@@H]2F. The molecule has 35 heavy (non-hydrogen) atoms. The minimum Gasteiger partial charge on any atom is -0.387 e. The molecule has 0 bridgehead atoms. The van der Waals surface area contributed by atoms with Gasteiger partial charge in [-0.1, -0.05) is 0 Å². The van der Waals surface area contributed by atoms with Crippen molar-refractivity contribution in [3.8, 4) is 6.07 Å². The third-order valence-corrected chi connectivity index (χ3v) is 9.35. The summed E-state index contributed by atoms with van der Waals surface area (Å²) in [7, 11) is -1.75. The molecule has 2 aromatic rings. The minimum absolute atomic E-state index is 0.0468. The second kappa shape index (κ2) is 8.83. The zero-order chi connectivity index (χ0) is 25.1. The standard InChI is InChI=1S/C22H31FN7O4P/c1-12(2)30(13(3)4)35(32-7-5-6-24)34-22-9-14-8-21(14,31)20(22)33-19(16(22)23)29-11-28-15-17(25)26-10-27-18(15)29/h10-14,16,19-20,31H,5,7-9H2,1-4H3,(H2,25,26,27)/t14-,16-,19+,20+,21+,22-,35?/m0/s1. The van der Waals surface area contributed by atoms with Crippen molar-refractivity contribution in [1.82, 2.24) is 24.2 Å². The van der Waals surface area contributed by atoms with Gasteiger partial charge in [-0.05, 0) is 46.5 Å². The molecule has 2 aliphatic carbocycles. The van der Waals surface area contributed by atoms with Crippen molar-refractivity contribution < 1.29 is 23.3 Å². The van der Waals surface area contributed by atoms with E-state index in [1.165, 1.54) is 17.2 Å². The lowest BCUT2D eigenvalue weighted by molar-refractivity contribution is -0.102. The molecule has 2 aromatic heterocycles. The lowest BCUT2D eigenvalue weighted by Gasteiger charge is -2.42. The molecule has 3 fully saturated rings. The molecular weight excluding hydrogens is 476 g/mol. The average Bonchev–Trinajstić information content (AvgIpc) is 3.07. The summed E-state index contributed by atoms with van der Waals surface area (Å²) in [6.07, 6.45) is 0.110. The Kier molecular flexibility index (Phi) is 6.23. The molecule has 7 atom stereocenters. The van der Waals surface area contributed by atoms with Gasteiger partial charge >= 0.3 is 0 Å². The van der Waals surface area contributed by atoms with Crippen molar-refractivity contribution in [1.29, 1.82) is 5.26 Å². The molecular formula is C22H31FN7O4P. The van der Waals surface area contributed by atoms with Gasteiger partial charge < -0.3 is 24.6 Å². The quantitative estimate of drug-likeness (QED) is 0.384. The van der Waals surface area contributed by atoms with Crippen LogP contribution in [0.5, 0.6) is 0 Å². The molecule has 13 heteroatoms. The summed E-state index contributed by atoms with van der Waals surface area (Å²) in [5.74, 6) is 0.0832. The Hall–Kier alpha value is -2.00. The van der Waals surface area contributed by atoms with Gasteiger partial charge in [0.25, 0.3) is 8.53 Å². The maximum Gasteiger partial charge on any atom is 0.260 e. The van der Waals surface area contributed by atoms with Crippen molar-refractivity contribution in [2.75, 3.05) is 12.3 Å². The number of imidazole rings is 1. The van der Waals surface area contributed by atoms with Crippen LogP contribution in [0.25, 0.3) is 11.2 Å². The van der Waals surface area contributed by atoms with Crippen molar-refractivity contribution in [3.05, 3.63) is 12.7 Å². The number of aromatic nitrogens is 4. The van der Waals surface area contributed by atoms with Gasteiger partial charge in [-0.2, -0.15) is 5.26 Å². The van der Waals surface area contributed by atoms with Crippen LogP contribution in [0, 0.1) is 17.2 Å². The predicted octanol–water partition coefficient (Wildman–Crippen LogP) is 2.83. The van der Waals surface area contributed by atoms with E-state index in [1.807, 2.05) is 32.4 Å². The highest BCUT2D eigenvalue weighted by Crippen LogP contribution is 2.70. The molecule has 1 unspecified atom stereocenters. The summed E-state index contributed by atoms with van der Waals surface area (Å²) in [5.41, 5.74) is 4.04. The predicted molar refractivity (Wildman–Crippen MR) is 125 cm³/mol. The number of nitrogens with two attached hydrogens (primary N) is 1. The van der Waals surface area contributed by atoms with Crippen molar-refractivity contribution in [3.63, 3.8) is 0 Å². The fourth-order valence-corrected chi connectivity index (χ4v) is 7.43. The van der Waals surface area contributed by atoms with Crippen LogP contribution in [0.15, 0.2) is 12.7 Å². The number of hydrogen-bond acceptors (Lipinski definition) is 10. The zero-order valence-corrected chi connectivity index (χ0v) is 21.1. The summed E-state index contributed by atoms with van der Waals surface area (Å²) < 4.78 is 39.0. The van der Waals surface area contributed by atoms with E-state index in [-0.39, 0.29) is 36.8 Å². The number of fused-ring (bicyclic) bond motifs is 4. The largest absolute Gasteiger partial charge is 0.387 e. The van der Waals surface area contributed by atoms with Crippen LogP contribution in [0.2, 0.25) is 0 Å². The minimum atomic E-state index is -1.75. The molecule has 3 heterocycles. The monoisotopic (exact) mass is 507 g/mol. The van der Waals surface area contributed by atoms with Crippen LogP contribution in [-0.4, -0.2) is 71.5 Å². The van der Waals surface area contributed by atoms with Gasteiger partial charge in [-0.15, -0.1) is 0 Å². The summed E-state index contributed by atoms with van der Waals surface area (Å²) in [5, 5.41) is 20.3. The van der Waals surface area contributed by atoms with Crippen LogP contribution in [0.4, 0.5) is 10.2 Å². The molecule has 0 aromatic carbocycles. The Labute approximate surface area is 204 Å². The molecule has 5 rings (SSSR count). The van der Waals surface area contributed by atoms with Gasteiger partial charge in [0.15, 0.2) is 23.9 Å². The fourth-order valence-electron chi connectivity index (χ4n) is 5.59. The molecule has 190 valence electrons. The van der Waals surface area contributed by atoms with E-state index in [0.29, 0.717) is 24.0 Å². The molecule has 0 spiro atoms. The van der Waals surface area contributed by atoms with E-state index < -0.39 is 38.2 Å². The topological polar surface area (TPSA) is 145 Å². The molecule has 11 nitrogen and oxygen atoms in total. The Morgan fingerprint density at radius 3 is 2.77 bits per heavy atom. The molecule has 1 aliphatic heterocycles. The van der Waals surface area contributed by atoms with E-state index in [9.17, 15) is 5.11 Å². The lowest BCUT2D eigenvalue weighted by atomic mass is 9.91. The maximum absolute atomic E-state index is 16.6. The molecule has 0 amide bonds. The Morgan fingerprint density at radius 2 is 2.09 bits per heavy atom. The third-order valence-electron chi connectivity index (χ3n) is 7.15. The number of halogens is 1. The van der Waals surface area contributed by atoms with Gasteiger partial charge in [-0.3, -0.25) is 4.57 Å². The average molecular weight is 508 g/mol. The number of ether oxygens (including phenoxy) is 1. The lowest BCUT2D eigenvalue weighted by Crippen LogP contribution is -2.50. The third kappa shape index (κ3) is 3.80. The van der Waals surface area contributed by atoms with Crippen LogP contribution in [0.3, 0.4) is 0 Å². The van der Waals surface area contributed by atoms with Crippen molar-refractivity contribution >= 4 is 25.5 Å². The number of anilines is 1. The van der Waals surface area contributed by atoms with Crippen molar-refractivity contribution in [2.45, 2.75) is 88.7 Å². The molecule has 0 radical (unpaired) electrons. The van der Waals surface area contributed by atoms with Crippen molar-refractivity contribution in [2.24, 2.45) is 5.92 Å². The Morgan fingerprint density at radius 1 is 1.34 bits per heavy atom. The molecule has 2 saturated carbocycles. The molecule has 3 aliphatic rings. The number of nitriles is 1. The van der Waals surface area contributed by atoms with E-state index in [0.717, 1.165) is 0 Å². The van der Waals surface area contributed by atoms with Gasteiger partial charge in [-0.25, -0.2) is 24.0 Å². The fraction of sp³-hybridized carbons (Fsp3) is 0.727. The van der Waals surface area contributed by atoms with Crippen LogP contribution in [0.1, 0.15) is 53.2 Å². The van der Waals surface area contributed by atoms with E-state index >= 15 is 4.39 Å². The summed E-state index contributed by atoms with van der Waals surface area (Å²) in [6.45, 7) is 8.23. The van der Waals surface area contributed by atoms with E-state index in [1.54, 1.807) is 0 Å². The first-order chi connectivity index (χ1) is 16.6. The molecule has 3 N–H and O–H groups in total. The number of nitrogen functional groups attached to an aromatic ring is 1. The number of nitrogens with zero attached hydrogens (tertiary/aromatic N) is 6. The second-order valence-corrected chi connectivity index (χ2v) is 11.5. The second-order valence-electron chi connectivity index (χ2n) is 10.1. The first-order valence-corrected chi connectivity index (χ1v) is 13.0. The Balaban J connectivity index is 1.51. The van der Waals surface area contributed by atoms with Crippen LogP contribution >= 0.6 is 8.53 Å². The number of rotatable bonds is 9. The first kappa shape index (κ1) is 24.7. The normalized spacial score (nSPS) is 34.5. The summed E-state index contributed by atoms with van der Waals surface area (Å²) in [6, 6.07) is 2.17. The molecule has 1 saturated heterocycles. The summed E-state index contributed by atoms with van der Waals surface area (Å²) >= 11 is 0. The van der Waals surface area contributed by atoms with Gasteiger partial charge in [0.1, 0.15) is 23.5 Å². The first-order valence-electron chi connectivity index (χ1n) is 11.9. The van der Waals surface area contributed by atoms with Gasteiger partial charge in [0.2, 0.25) is 0 Å². The highest BCUT2D eigenvalue weighted by Gasteiger charge is 2.80. The number of aliphatic hydroxyl groups is 1. The highest BCUT2D eigenvalue weighted by atomic mass is 31.2. The number of hydrogen-bond donors (Lipinski definition) is 2. The van der Waals surface area contributed by atoms with Crippen LogP contribution < -0.4 is 5.73 Å². The summed E-state index contributed by atoms with van der Waals surface area (Å²) in [4.78, 5) is 12.4. The van der Waals surface area contributed by atoms with E-state index in [2.05, 4.69) is 21.0 Å². The number of alkyl halides is 1. The Bertz CT molecular complexity index is 1140. The maximum atomic E-state index is 16.6.